The summed E-state index contributed by atoms with van der Waals surface area (Å²) in [6.45, 7) is 9.28. The number of morpholine rings is 1. The van der Waals surface area contributed by atoms with E-state index in [9.17, 15) is 13.2 Å². The zero-order chi connectivity index (χ0) is 25.0. The minimum atomic E-state index is -3.67. The van der Waals surface area contributed by atoms with Crippen LogP contribution >= 0.6 is 0 Å². The van der Waals surface area contributed by atoms with Crippen LogP contribution < -0.4 is 4.74 Å². The highest BCUT2D eigenvalue weighted by Crippen LogP contribution is 2.32. The maximum Gasteiger partial charge on any atom is 0.248 e. The second-order valence-corrected chi connectivity index (χ2v) is 11.6. The van der Waals surface area contributed by atoms with Gasteiger partial charge in [-0.15, -0.1) is 0 Å². The largest absolute Gasteiger partial charge is 0.497 e. The van der Waals surface area contributed by atoms with Crippen molar-refractivity contribution in [1.82, 2.24) is 14.1 Å². The van der Waals surface area contributed by atoms with Crippen LogP contribution in [-0.2, 0) is 24.3 Å². The van der Waals surface area contributed by atoms with E-state index in [-0.39, 0.29) is 25.2 Å². The average molecular weight is 510 g/mol. The van der Waals surface area contributed by atoms with E-state index in [0.29, 0.717) is 34.4 Å². The Hall–Kier alpha value is -1.72. The van der Waals surface area contributed by atoms with Crippen molar-refractivity contribution >= 4 is 15.9 Å². The van der Waals surface area contributed by atoms with Crippen molar-refractivity contribution in [2.75, 3.05) is 66.3 Å². The first kappa shape index (κ1) is 26.3. The Morgan fingerprint density at radius 1 is 1.03 bits per heavy atom. The van der Waals surface area contributed by atoms with Crippen molar-refractivity contribution < 1.29 is 27.4 Å². The van der Waals surface area contributed by atoms with Crippen LogP contribution in [0.25, 0.3) is 0 Å². The first-order valence-corrected chi connectivity index (χ1v) is 14.1. The van der Waals surface area contributed by atoms with Crippen molar-refractivity contribution in [1.29, 1.82) is 0 Å². The summed E-state index contributed by atoms with van der Waals surface area (Å²) < 4.78 is 45.1. The molecule has 0 aromatic heterocycles. The van der Waals surface area contributed by atoms with Gasteiger partial charge in [0.1, 0.15) is 12.4 Å². The molecule has 4 rings (SSSR count). The molecule has 3 aliphatic heterocycles. The van der Waals surface area contributed by atoms with Crippen molar-refractivity contribution in [2.24, 2.45) is 0 Å². The van der Waals surface area contributed by atoms with Gasteiger partial charge in [0.25, 0.3) is 0 Å². The van der Waals surface area contributed by atoms with Gasteiger partial charge in [-0.2, -0.15) is 4.31 Å². The summed E-state index contributed by atoms with van der Waals surface area (Å²) in [4.78, 5) is 17.4. The van der Waals surface area contributed by atoms with Crippen LogP contribution in [0.2, 0.25) is 0 Å². The fraction of sp³-hybridized carbons (Fsp3) is 0.720. The van der Waals surface area contributed by atoms with Gasteiger partial charge in [0, 0.05) is 44.8 Å². The van der Waals surface area contributed by atoms with E-state index in [0.717, 1.165) is 65.1 Å². The summed E-state index contributed by atoms with van der Waals surface area (Å²) in [5.41, 5.74) is 1.34. The van der Waals surface area contributed by atoms with Crippen molar-refractivity contribution in [3.8, 4) is 5.75 Å². The number of methoxy groups -OCH3 is 1. The van der Waals surface area contributed by atoms with Crippen molar-refractivity contribution in [3.05, 3.63) is 23.3 Å². The van der Waals surface area contributed by atoms with E-state index >= 15 is 0 Å². The number of aryl methyl sites for hydroxylation is 2. The molecule has 1 aromatic rings. The smallest absolute Gasteiger partial charge is 0.248 e. The molecule has 1 unspecified atom stereocenters. The molecular weight excluding hydrogens is 470 g/mol. The number of ether oxygens (including phenoxy) is 3. The molecule has 1 aromatic carbocycles. The lowest BCUT2D eigenvalue weighted by atomic mass is 10.0. The summed E-state index contributed by atoms with van der Waals surface area (Å²) in [5.74, 6) is 0.632. The maximum absolute atomic E-state index is 13.5. The minimum absolute atomic E-state index is 0.00675. The molecule has 0 bridgehead atoms. The minimum Gasteiger partial charge on any atom is -0.497 e. The van der Waals surface area contributed by atoms with E-state index in [4.69, 9.17) is 14.2 Å². The van der Waals surface area contributed by atoms with Gasteiger partial charge >= 0.3 is 0 Å². The topological polar surface area (TPSA) is 88.6 Å². The van der Waals surface area contributed by atoms with Crippen LogP contribution in [-0.4, -0.2) is 107 Å². The molecule has 10 heteroatoms. The van der Waals surface area contributed by atoms with Crippen molar-refractivity contribution in [2.45, 2.75) is 56.5 Å². The predicted octanol–water partition coefficient (Wildman–Crippen LogP) is 1.80. The molecule has 0 radical (unpaired) electrons. The van der Waals surface area contributed by atoms with Gasteiger partial charge in [-0.1, -0.05) is 0 Å². The number of rotatable bonds is 8. The number of carbonyl (C=O) groups excluding carboxylic acids is 1. The second kappa shape index (κ2) is 11.6. The fourth-order valence-electron chi connectivity index (χ4n) is 5.64. The van der Waals surface area contributed by atoms with Crippen molar-refractivity contribution in [3.63, 3.8) is 0 Å². The van der Waals surface area contributed by atoms with Gasteiger partial charge in [0.2, 0.25) is 15.9 Å². The van der Waals surface area contributed by atoms with Crippen LogP contribution in [0.15, 0.2) is 17.0 Å². The molecular formula is C25H39N3O6S. The maximum atomic E-state index is 13.5. The monoisotopic (exact) mass is 509 g/mol. The van der Waals surface area contributed by atoms with E-state index < -0.39 is 10.0 Å². The number of nitrogens with zero attached hydrogens (tertiary/aromatic N) is 3. The lowest BCUT2D eigenvalue weighted by Gasteiger charge is -2.40. The summed E-state index contributed by atoms with van der Waals surface area (Å²) in [6, 6.07) is 3.76. The Kier molecular flexibility index (Phi) is 8.70. The molecule has 1 atom stereocenters. The Labute approximate surface area is 209 Å². The highest BCUT2D eigenvalue weighted by Gasteiger charge is 2.37. The lowest BCUT2D eigenvalue weighted by molar-refractivity contribution is -0.138. The SMILES string of the molecule is COc1cc(C)c(S(=O)(=O)N2CCCC2COCC(=O)N2CCC(N3CCOCC3)CC2)c(C)c1. The first-order chi connectivity index (χ1) is 16.8. The summed E-state index contributed by atoms with van der Waals surface area (Å²) in [6.07, 6.45) is 3.46. The van der Waals surface area contributed by atoms with Gasteiger partial charge in [-0.25, -0.2) is 8.42 Å². The fourth-order valence-corrected chi connectivity index (χ4v) is 7.74. The van der Waals surface area contributed by atoms with Crippen LogP contribution in [0, 0.1) is 13.8 Å². The van der Waals surface area contributed by atoms with Crippen LogP contribution in [0.4, 0.5) is 0 Å². The molecule has 0 N–H and O–H groups in total. The van der Waals surface area contributed by atoms with Crippen LogP contribution in [0.5, 0.6) is 5.75 Å². The predicted molar refractivity (Wildman–Crippen MR) is 132 cm³/mol. The zero-order valence-corrected chi connectivity index (χ0v) is 22.0. The Balaban J connectivity index is 1.29. The Bertz CT molecular complexity index is 964. The number of benzene rings is 1. The van der Waals surface area contributed by atoms with E-state index in [1.807, 2.05) is 4.90 Å². The van der Waals surface area contributed by atoms with Gasteiger partial charge in [-0.3, -0.25) is 9.69 Å². The van der Waals surface area contributed by atoms with Crippen LogP contribution in [0.3, 0.4) is 0 Å². The summed E-state index contributed by atoms with van der Waals surface area (Å²) in [5, 5.41) is 0. The molecule has 196 valence electrons. The average Bonchev–Trinajstić information content (AvgIpc) is 3.33. The third-order valence-electron chi connectivity index (χ3n) is 7.47. The highest BCUT2D eigenvalue weighted by atomic mass is 32.2. The van der Waals surface area contributed by atoms with Gasteiger partial charge in [-0.05, 0) is 62.8 Å². The van der Waals surface area contributed by atoms with E-state index in [1.165, 1.54) is 0 Å². The normalized spacial score (nSPS) is 23.1. The van der Waals surface area contributed by atoms with Gasteiger partial charge < -0.3 is 19.1 Å². The van der Waals surface area contributed by atoms with Crippen LogP contribution in [0.1, 0.15) is 36.8 Å². The number of hydrogen-bond donors (Lipinski definition) is 0. The zero-order valence-electron chi connectivity index (χ0n) is 21.2. The summed E-state index contributed by atoms with van der Waals surface area (Å²) in [7, 11) is -2.10. The molecule has 0 spiro atoms. The molecule has 3 fully saturated rings. The summed E-state index contributed by atoms with van der Waals surface area (Å²) >= 11 is 0. The number of sulfonamides is 1. The molecule has 1 amide bonds. The standard InChI is InChI=1S/C25H39N3O6S/c1-19-15-23(32-3)16-20(2)25(19)35(30,31)28-8-4-5-22(28)17-34-18-24(29)27-9-6-21(7-10-27)26-11-13-33-14-12-26/h15-16,21-22H,4-14,17-18H2,1-3H3. The second-order valence-electron chi connectivity index (χ2n) is 9.78. The Morgan fingerprint density at radius 3 is 2.31 bits per heavy atom. The Morgan fingerprint density at radius 2 is 1.69 bits per heavy atom. The number of carbonyl (C=O) groups is 1. The van der Waals surface area contributed by atoms with Gasteiger partial charge in [0.05, 0.1) is 31.8 Å². The third kappa shape index (κ3) is 5.99. The molecule has 0 saturated carbocycles. The lowest BCUT2D eigenvalue weighted by Crippen LogP contribution is -2.50. The molecule has 3 aliphatic rings. The molecule has 3 heterocycles. The van der Waals surface area contributed by atoms with E-state index in [2.05, 4.69) is 4.90 Å². The molecule has 3 saturated heterocycles. The highest BCUT2D eigenvalue weighted by molar-refractivity contribution is 7.89. The third-order valence-corrected chi connectivity index (χ3v) is 9.73. The molecule has 35 heavy (non-hydrogen) atoms. The van der Waals surface area contributed by atoms with E-state index in [1.54, 1.807) is 37.4 Å². The number of piperidine rings is 1. The number of hydrogen-bond acceptors (Lipinski definition) is 7. The first-order valence-electron chi connectivity index (χ1n) is 12.7. The number of likely N-dealkylation sites (tertiary alicyclic amines) is 1. The molecule has 0 aliphatic carbocycles. The quantitative estimate of drug-likeness (QED) is 0.528. The number of amides is 1. The molecule has 9 nitrogen and oxygen atoms in total. The van der Waals surface area contributed by atoms with Gasteiger partial charge in [0.15, 0.2) is 0 Å².